The third-order valence-electron chi connectivity index (χ3n) is 3.75. The molecule has 0 aromatic heterocycles. The molecule has 0 bridgehead atoms. The fourth-order valence-corrected chi connectivity index (χ4v) is 3.14. The molecular formula is C13H28N2O2S. The lowest BCUT2D eigenvalue weighted by Gasteiger charge is -2.31. The number of sulfonamides is 1. The van der Waals surface area contributed by atoms with Gasteiger partial charge >= 0.3 is 0 Å². The second kappa shape index (κ2) is 8.12. The van der Waals surface area contributed by atoms with Gasteiger partial charge in [-0.15, -0.1) is 0 Å². The summed E-state index contributed by atoms with van der Waals surface area (Å²) in [6.07, 6.45) is 11.3. The second-order valence-corrected chi connectivity index (χ2v) is 7.33. The Morgan fingerprint density at radius 3 is 2.39 bits per heavy atom. The van der Waals surface area contributed by atoms with Crippen LogP contribution in [-0.4, -0.2) is 45.8 Å². The van der Waals surface area contributed by atoms with Crippen LogP contribution in [0.4, 0.5) is 0 Å². The Labute approximate surface area is 112 Å². The van der Waals surface area contributed by atoms with Crippen LogP contribution >= 0.6 is 0 Å². The van der Waals surface area contributed by atoms with Gasteiger partial charge in [0.05, 0.1) is 6.26 Å². The van der Waals surface area contributed by atoms with E-state index in [1.165, 1.54) is 44.8 Å². The minimum atomic E-state index is -3.01. The molecule has 0 radical (unpaired) electrons. The molecule has 0 aromatic carbocycles. The maximum atomic E-state index is 10.9. The predicted octanol–water partition coefficient (Wildman–Crippen LogP) is 1.97. The number of nitrogens with one attached hydrogen (secondary N) is 1. The van der Waals surface area contributed by atoms with Crippen LogP contribution in [0.25, 0.3) is 0 Å². The van der Waals surface area contributed by atoms with Gasteiger partial charge in [0.2, 0.25) is 10.0 Å². The molecule has 4 nitrogen and oxygen atoms in total. The van der Waals surface area contributed by atoms with Crippen LogP contribution < -0.4 is 4.72 Å². The van der Waals surface area contributed by atoms with E-state index in [-0.39, 0.29) is 0 Å². The molecular weight excluding hydrogens is 248 g/mol. The molecule has 1 rings (SSSR count). The second-order valence-electron chi connectivity index (χ2n) is 5.50. The van der Waals surface area contributed by atoms with Crippen LogP contribution in [0.1, 0.15) is 51.4 Å². The van der Waals surface area contributed by atoms with Gasteiger partial charge in [0, 0.05) is 12.6 Å². The topological polar surface area (TPSA) is 49.4 Å². The number of hydrogen-bond donors (Lipinski definition) is 1. The molecule has 1 aliphatic carbocycles. The molecule has 1 saturated carbocycles. The zero-order valence-electron chi connectivity index (χ0n) is 11.8. The number of hydrogen-bond acceptors (Lipinski definition) is 3. The molecule has 0 saturated heterocycles. The molecule has 0 atom stereocenters. The molecule has 1 fully saturated rings. The van der Waals surface area contributed by atoms with Crippen molar-refractivity contribution in [2.45, 2.75) is 57.4 Å². The largest absolute Gasteiger partial charge is 0.303 e. The third-order valence-corrected chi connectivity index (χ3v) is 4.48. The highest BCUT2D eigenvalue weighted by Crippen LogP contribution is 2.21. The summed E-state index contributed by atoms with van der Waals surface area (Å²) in [6, 6.07) is 0.785. The SMILES string of the molecule is CN(CCCCCNS(C)(=O)=O)C1CCCCC1. The summed E-state index contributed by atoms with van der Waals surface area (Å²) in [5.41, 5.74) is 0. The highest BCUT2D eigenvalue weighted by molar-refractivity contribution is 7.88. The predicted molar refractivity (Wildman–Crippen MR) is 76.2 cm³/mol. The minimum absolute atomic E-state index is 0.575. The molecule has 0 spiro atoms. The van der Waals surface area contributed by atoms with Gasteiger partial charge in [-0.1, -0.05) is 25.7 Å². The van der Waals surface area contributed by atoms with Crippen molar-refractivity contribution in [1.82, 2.24) is 9.62 Å². The third kappa shape index (κ3) is 7.34. The van der Waals surface area contributed by atoms with Crippen LogP contribution in [0, 0.1) is 0 Å². The Hall–Kier alpha value is -0.130. The van der Waals surface area contributed by atoms with Gasteiger partial charge in [-0.25, -0.2) is 13.1 Å². The van der Waals surface area contributed by atoms with Gasteiger partial charge in [0.1, 0.15) is 0 Å². The Morgan fingerprint density at radius 2 is 1.78 bits per heavy atom. The summed E-state index contributed by atoms with van der Waals surface area (Å²) >= 11 is 0. The van der Waals surface area contributed by atoms with Crippen molar-refractivity contribution in [3.05, 3.63) is 0 Å². The zero-order valence-corrected chi connectivity index (χ0v) is 12.6. The molecule has 5 heteroatoms. The minimum Gasteiger partial charge on any atom is -0.303 e. The van der Waals surface area contributed by atoms with Crippen molar-refractivity contribution in [1.29, 1.82) is 0 Å². The summed E-state index contributed by atoms with van der Waals surface area (Å²) < 4.78 is 24.3. The van der Waals surface area contributed by atoms with E-state index in [9.17, 15) is 8.42 Å². The average Bonchev–Trinajstić information content (AvgIpc) is 2.33. The Morgan fingerprint density at radius 1 is 1.11 bits per heavy atom. The van der Waals surface area contributed by atoms with E-state index in [1.54, 1.807) is 0 Å². The van der Waals surface area contributed by atoms with Crippen LogP contribution in [0.15, 0.2) is 0 Å². The normalized spacial score (nSPS) is 18.4. The monoisotopic (exact) mass is 276 g/mol. The summed E-state index contributed by atoms with van der Waals surface area (Å²) in [4.78, 5) is 2.49. The molecule has 18 heavy (non-hydrogen) atoms. The van der Waals surface area contributed by atoms with Gasteiger partial charge < -0.3 is 4.90 Å². The standard InChI is InChI=1S/C13H28N2O2S/c1-15(13-9-5-3-6-10-13)12-8-4-7-11-14-18(2,16)17/h13-14H,3-12H2,1-2H3. The first-order valence-corrected chi connectivity index (χ1v) is 9.03. The quantitative estimate of drug-likeness (QED) is 0.690. The van der Waals surface area contributed by atoms with E-state index in [1.807, 2.05) is 0 Å². The highest BCUT2D eigenvalue weighted by atomic mass is 32.2. The van der Waals surface area contributed by atoms with Crippen molar-refractivity contribution in [2.75, 3.05) is 26.4 Å². The average molecular weight is 276 g/mol. The lowest BCUT2D eigenvalue weighted by molar-refractivity contribution is 0.188. The maximum Gasteiger partial charge on any atom is 0.208 e. The molecule has 1 aliphatic rings. The molecule has 0 heterocycles. The zero-order chi connectivity index (χ0) is 13.4. The molecule has 1 N–H and O–H groups in total. The summed E-state index contributed by atoms with van der Waals surface area (Å²) in [6.45, 7) is 1.72. The molecule has 0 amide bonds. The van der Waals surface area contributed by atoms with Gasteiger partial charge in [-0.05, 0) is 39.3 Å². The van der Waals surface area contributed by atoms with Crippen molar-refractivity contribution in [3.8, 4) is 0 Å². The van der Waals surface area contributed by atoms with E-state index >= 15 is 0 Å². The number of nitrogens with zero attached hydrogens (tertiary/aromatic N) is 1. The van der Waals surface area contributed by atoms with E-state index in [4.69, 9.17) is 0 Å². The molecule has 0 aromatic rings. The number of unbranched alkanes of at least 4 members (excludes halogenated alkanes) is 2. The summed E-state index contributed by atoms with van der Waals surface area (Å²) in [5, 5.41) is 0. The fraction of sp³-hybridized carbons (Fsp3) is 1.00. The molecule has 108 valence electrons. The van der Waals surface area contributed by atoms with E-state index < -0.39 is 10.0 Å². The summed E-state index contributed by atoms with van der Waals surface area (Å²) in [7, 11) is -0.778. The lowest BCUT2D eigenvalue weighted by Crippen LogP contribution is -2.34. The van der Waals surface area contributed by atoms with Gasteiger partial charge in [0.25, 0.3) is 0 Å². The number of rotatable bonds is 8. The van der Waals surface area contributed by atoms with Crippen molar-refractivity contribution >= 4 is 10.0 Å². The smallest absolute Gasteiger partial charge is 0.208 e. The van der Waals surface area contributed by atoms with Gasteiger partial charge in [-0.3, -0.25) is 0 Å². The van der Waals surface area contributed by atoms with Gasteiger partial charge in [0.15, 0.2) is 0 Å². The molecule has 0 aliphatic heterocycles. The Balaban J connectivity index is 2.00. The fourth-order valence-electron chi connectivity index (χ4n) is 2.62. The van der Waals surface area contributed by atoms with Crippen molar-refractivity contribution in [3.63, 3.8) is 0 Å². The van der Waals surface area contributed by atoms with E-state index in [0.717, 1.165) is 25.4 Å². The summed E-state index contributed by atoms with van der Waals surface area (Å²) in [5.74, 6) is 0. The Bertz CT molecular complexity index is 311. The maximum absolute atomic E-state index is 10.9. The first-order chi connectivity index (χ1) is 8.49. The van der Waals surface area contributed by atoms with Crippen LogP contribution in [0.2, 0.25) is 0 Å². The van der Waals surface area contributed by atoms with Crippen molar-refractivity contribution < 1.29 is 8.42 Å². The lowest BCUT2D eigenvalue weighted by atomic mass is 9.94. The van der Waals surface area contributed by atoms with Crippen LogP contribution in [0.3, 0.4) is 0 Å². The van der Waals surface area contributed by atoms with Gasteiger partial charge in [-0.2, -0.15) is 0 Å². The first-order valence-electron chi connectivity index (χ1n) is 7.14. The molecule has 0 unspecified atom stereocenters. The van der Waals surface area contributed by atoms with E-state index in [0.29, 0.717) is 6.54 Å². The van der Waals surface area contributed by atoms with E-state index in [2.05, 4.69) is 16.7 Å². The van der Waals surface area contributed by atoms with Crippen LogP contribution in [0.5, 0.6) is 0 Å². The Kier molecular flexibility index (Phi) is 7.19. The highest BCUT2D eigenvalue weighted by Gasteiger charge is 2.16. The van der Waals surface area contributed by atoms with Crippen LogP contribution in [-0.2, 0) is 10.0 Å². The first kappa shape index (κ1) is 15.9. The van der Waals surface area contributed by atoms with Crippen molar-refractivity contribution in [2.24, 2.45) is 0 Å².